The van der Waals surface area contributed by atoms with E-state index in [1.165, 1.54) is 109 Å². The average Bonchev–Trinajstić information content (AvgIpc) is 3.66. The highest BCUT2D eigenvalue weighted by atomic mass is 16.5. The van der Waals surface area contributed by atoms with E-state index in [0.29, 0.717) is 26.1 Å². The Morgan fingerprint density at radius 3 is 1.56 bits per heavy atom. The van der Waals surface area contributed by atoms with E-state index in [9.17, 15) is 14.4 Å². The largest absolute Gasteiger partial charge is 0.466 e. The summed E-state index contributed by atoms with van der Waals surface area (Å²) in [5.41, 5.74) is 0. The summed E-state index contributed by atoms with van der Waals surface area (Å²) in [5.74, 6) is -0.200. The number of ether oxygens (including phenoxy) is 3. The summed E-state index contributed by atoms with van der Waals surface area (Å²) in [6.07, 6.45) is 38.9. The Balaban J connectivity index is 2.34. The normalized spacial score (nSPS) is 15.6. The minimum absolute atomic E-state index is 0.0235. The lowest BCUT2D eigenvalue weighted by Crippen LogP contribution is -2.38. The second-order valence-corrected chi connectivity index (χ2v) is 18.8. The lowest BCUT2D eigenvalue weighted by atomic mass is 10.0. The number of rotatable bonds is 45. The zero-order valence-corrected chi connectivity index (χ0v) is 41.1. The van der Waals surface area contributed by atoms with Gasteiger partial charge in [0.25, 0.3) is 0 Å². The van der Waals surface area contributed by atoms with Crippen LogP contribution >= 0.6 is 0 Å². The zero-order chi connectivity index (χ0) is 44.4. The molecule has 1 rings (SSSR count). The second-order valence-electron chi connectivity index (χ2n) is 18.8. The van der Waals surface area contributed by atoms with E-state index in [0.717, 1.165) is 129 Å². The first-order valence-corrected chi connectivity index (χ1v) is 26.4. The standard InChI is InChI=1S/C52H101N3O6/c1-6-9-12-15-18-19-20-25-33-43-59-50(56)38-31-27-32-42-55-46-47(53-40-35-41-54(4)5)45-49(55)52(58)60-44-34-26-21-24-30-39-51(57)61-48(36-28-22-16-13-10-7-2)37-29-23-17-14-11-8-3/h47-49,53H,6-46H2,1-5H3/t47?,49-/m0/s1. The maximum atomic E-state index is 13.4. The average molecular weight is 864 g/mol. The van der Waals surface area contributed by atoms with Crippen LogP contribution < -0.4 is 5.32 Å². The highest BCUT2D eigenvalue weighted by molar-refractivity contribution is 5.76. The summed E-state index contributed by atoms with van der Waals surface area (Å²) in [7, 11) is 4.20. The van der Waals surface area contributed by atoms with Crippen molar-refractivity contribution >= 4 is 17.9 Å². The molecule has 2 atom stereocenters. The third-order valence-electron chi connectivity index (χ3n) is 12.6. The molecule has 0 amide bonds. The first kappa shape index (κ1) is 57.3. The number of esters is 3. The van der Waals surface area contributed by atoms with Crippen molar-refractivity contribution in [1.82, 2.24) is 15.1 Å². The molecule has 0 bridgehead atoms. The van der Waals surface area contributed by atoms with Gasteiger partial charge in [-0.3, -0.25) is 19.3 Å². The molecule has 1 heterocycles. The molecule has 0 aliphatic carbocycles. The topological polar surface area (TPSA) is 97.4 Å². The minimum Gasteiger partial charge on any atom is -0.466 e. The van der Waals surface area contributed by atoms with Crippen LogP contribution in [0.2, 0.25) is 0 Å². The first-order chi connectivity index (χ1) is 29.8. The van der Waals surface area contributed by atoms with Crippen molar-refractivity contribution in [3.63, 3.8) is 0 Å². The van der Waals surface area contributed by atoms with Crippen LogP contribution in [0, 0.1) is 0 Å². The van der Waals surface area contributed by atoms with E-state index in [1.807, 2.05) is 0 Å². The van der Waals surface area contributed by atoms with Gasteiger partial charge < -0.3 is 24.4 Å². The highest BCUT2D eigenvalue weighted by Gasteiger charge is 2.37. The molecular weight excluding hydrogens is 763 g/mol. The van der Waals surface area contributed by atoms with E-state index in [4.69, 9.17) is 14.2 Å². The summed E-state index contributed by atoms with van der Waals surface area (Å²) in [4.78, 5) is 43.0. The van der Waals surface area contributed by atoms with E-state index >= 15 is 0 Å². The zero-order valence-electron chi connectivity index (χ0n) is 41.1. The second kappa shape index (κ2) is 42.3. The Bertz CT molecular complexity index is 996. The Hall–Kier alpha value is -1.71. The van der Waals surface area contributed by atoms with Crippen molar-refractivity contribution < 1.29 is 28.6 Å². The molecule has 61 heavy (non-hydrogen) atoms. The summed E-state index contributed by atoms with van der Waals surface area (Å²) in [6.45, 7) is 11.4. The SMILES string of the molecule is CCCCCCCCCCCOC(=O)CCCCCN1CC(NCCCN(C)C)C[C@H]1C(=O)OCCCCCCCC(=O)OC(CCCCCCCC)CCCCCCCC. The lowest BCUT2D eigenvalue weighted by Gasteiger charge is -2.22. The Morgan fingerprint density at radius 2 is 1.02 bits per heavy atom. The van der Waals surface area contributed by atoms with E-state index in [1.54, 1.807) is 0 Å². The van der Waals surface area contributed by atoms with Gasteiger partial charge >= 0.3 is 17.9 Å². The fourth-order valence-corrected chi connectivity index (χ4v) is 8.66. The molecule has 9 heteroatoms. The van der Waals surface area contributed by atoms with Crippen molar-refractivity contribution in [3.05, 3.63) is 0 Å². The molecule has 0 radical (unpaired) electrons. The quantitative estimate of drug-likeness (QED) is 0.0365. The lowest BCUT2D eigenvalue weighted by molar-refractivity contribution is -0.150. The Labute approximate surface area is 377 Å². The van der Waals surface area contributed by atoms with Gasteiger partial charge in [-0.2, -0.15) is 0 Å². The minimum atomic E-state index is -0.218. The molecule has 1 aliphatic rings. The molecule has 1 saturated heterocycles. The predicted molar refractivity (Wildman–Crippen MR) is 256 cm³/mol. The maximum Gasteiger partial charge on any atom is 0.323 e. The van der Waals surface area contributed by atoms with Crippen molar-refractivity contribution in [2.45, 2.75) is 264 Å². The molecule has 0 aromatic carbocycles. The molecular formula is C52H101N3O6. The third kappa shape index (κ3) is 35.3. The summed E-state index contributed by atoms with van der Waals surface area (Å²) < 4.78 is 17.4. The Kier molecular flexibility index (Phi) is 39.7. The van der Waals surface area contributed by atoms with E-state index < -0.39 is 0 Å². The van der Waals surface area contributed by atoms with Gasteiger partial charge in [0.15, 0.2) is 0 Å². The third-order valence-corrected chi connectivity index (χ3v) is 12.6. The van der Waals surface area contributed by atoms with E-state index in [2.05, 4.69) is 50.0 Å². The highest BCUT2D eigenvalue weighted by Crippen LogP contribution is 2.22. The van der Waals surface area contributed by atoms with Crippen LogP contribution in [0.5, 0.6) is 0 Å². The number of likely N-dealkylation sites (tertiary alicyclic amines) is 1. The molecule has 0 saturated carbocycles. The van der Waals surface area contributed by atoms with E-state index in [-0.39, 0.29) is 36.1 Å². The van der Waals surface area contributed by atoms with Crippen molar-refractivity contribution in [2.75, 3.05) is 53.5 Å². The van der Waals surface area contributed by atoms with Crippen LogP contribution in [0.3, 0.4) is 0 Å². The molecule has 9 nitrogen and oxygen atoms in total. The smallest absolute Gasteiger partial charge is 0.323 e. The molecule has 1 aliphatic heterocycles. The maximum absolute atomic E-state index is 13.4. The fraction of sp³-hybridized carbons (Fsp3) is 0.942. The van der Waals surface area contributed by atoms with Gasteiger partial charge in [-0.05, 0) is 104 Å². The van der Waals surface area contributed by atoms with Crippen molar-refractivity contribution in [1.29, 1.82) is 0 Å². The fourth-order valence-electron chi connectivity index (χ4n) is 8.66. The van der Waals surface area contributed by atoms with Gasteiger partial charge in [0.2, 0.25) is 0 Å². The van der Waals surface area contributed by atoms with Gasteiger partial charge in [-0.15, -0.1) is 0 Å². The van der Waals surface area contributed by atoms with Crippen LogP contribution in [0.1, 0.15) is 245 Å². The molecule has 0 aromatic rings. The Morgan fingerprint density at radius 1 is 0.557 bits per heavy atom. The van der Waals surface area contributed by atoms with Gasteiger partial charge in [0.1, 0.15) is 12.1 Å². The van der Waals surface area contributed by atoms with Gasteiger partial charge in [-0.1, -0.05) is 162 Å². The number of hydrogen-bond donors (Lipinski definition) is 1. The van der Waals surface area contributed by atoms with Crippen molar-refractivity contribution in [2.24, 2.45) is 0 Å². The number of hydrogen-bond acceptors (Lipinski definition) is 9. The van der Waals surface area contributed by atoms with Crippen molar-refractivity contribution in [3.8, 4) is 0 Å². The summed E-state index contributed by atoms with van der Waals surface area (Å²) in [5, 5.41) is 3.69. The van der Waals surface area contributed by atoms with Gasteiger partial charge in [0, 0.05) is 25.4 Å². The molecule has 1 unspecified atom stereocenters. The number of nitrogens with zero attached hydrogens (tertiary/aromatic N) is 2. The molecule has 0 aromatic heterocycles. The van der Waals surface area contributed by atoms with Crippen LogP contribution in [-0.2, 0) is 28.6 Å². The monoisotopic (exact) mass is 864 g/mol. The number of carbonyl (C=O) groups is 3. The van der Waals surface area contributed by atoms with Gasteiger partial charge in [-0.25, -0.2) is 0 Å². The van der Waals surface area contributed by atoms with Crippen LogP contribution in [0.4, 0.5) is 0 Å². The summed E-state index contributed by atoms with van der Waals surface area (Å²) in [6, 6.07) is 0.0634. The van der Waals surface area contributed by atoms with Crippen LogP contribution in [0.15, 0.2) is 0 Å². The summed E-state index contributed by atoms with van der Waals surface area (Å²) >= 11 is 0. The molecule has 360 valence electrons. The number of nitrogens with one attached hydrogen (secondary N) is 1. The first-order valence-electron chi connectivity index (χ1n) is 26.4. The molecule has 0 spiro atoms. The molecule has 1 fully saturated rings. The number of carbonyl (C=O) groups excluding carboxylic acids is 3. The molecule has 1 N–H and O–H groups in total. The van der Waals surface area contributed by atoms with Crippen LogP contribution in [-0.4, -0.2) is 99.4 Å². The van der Waals surface area contributed by atoms with Gasteiger partial charge in [0.05, 0.1) is 13.2 Å². The number of unbranched alkanes of at least 4 members (excludes halogenated alkanes) is 24. The van der Waals surface area contributed by atoms with Crippen LogP contribution in [0.25, 0.3) is 0 Å². The predicted octanol–water partition coefficient (Wildman–Crippen LogP) is 12.9.